The lowest BCUT2D eigenvalue weighted by Crippen LogP contribution is -2.31. The maximum absolute atomic E-state index is 12.8. The summed E-state index contributed by atoms with van der Waals surface area (Å²) in [7, 11) is 2.99. The maximum atomic E-state index is 12.8. The highest BCUT2D eigenvalue weighted by Gasteiger charge is 2.48. The molecular formula is C28H26N2O6. The van der Waals surface area contributed by atoms with Crippen molar-refractivity contribution in [2.45, 2.75) is 18.8 Å². The van der Waals surface area contributed by atoms with E-state index in [9.17, 15) is 15.0 Å². The van der Waals surface area contributed by atoms with Crippen LogP contribution in [0.4, 0.5) is 0 Å². The number of hydrogen-bond donors (Lipinski definition) is 3. The van der Waals surface area contributed by atoms with Gasteiger partial charge >= 0.3 is 5.97 Å². The van der Waals surface area contributed by atoms with Gasteiger partial charge in [0.15, 0.2) is 23.0 Å². The van der Waals surface area contributed by atoms with Crippen LogP contribution in [-0.2, 0) is 16.6 Å². The molecule has 0 amide bonds. The fraction of sp³-hybridized carbons (Fsp3) is 0.214. The third-order valence-corrected chi connectivity index (χ3v) is 6.72. The molecule has 0 atom stereocenters. The SMILES string of the molecule is CCOC(=O)c1ccccc1-c1c2n[nH]c1CC2(c1ccc(O)c(OC)c1)c1ccc(O)c(OC)c1. The van der Waals surface area contributed by atoms with E-state index in [-0.39, 0.29) is 18.1 Å². The Balaban J connectivity index is 1.79. The van der Waals surface area contributed by atoms with Gasteiger partial charge in [0, 0.05) is 17.7 Å². The normalized spacial score (nSPS) is 13.4. The summed E-state index contributed by atoms with van der Waals surface area (Å²) in [4.78, 5) is 12.8. The van der Waals surface area contributed by atoms with Gasteiger partial charge in [0.2, 0.25) is 0 Å². The minimum atomic E-state index is -0.806. The van der Waals surface area contributed by atoms with Gasteiger partial charge in [-0.25, -0.2) is 4.79 Å². The number of carbonyl (C=O) groups is 1. The van der Waals surface area contributed by atoms with Crippen LogP contribution in [0.15, 0.2) is 60.7 Å². The summed E-state index contributed by atoms with van der Waals surface area (Å²) in [6.45, 7) is 2.04. The first-order valence-corrected chi connectivity index (χ1v) is 11.5. The molecule has 1 aliphatic carbocycles. The highest BCUT2D eigenvalue weighted by atomic mass is 16.5. The third kappa shape index (κ3) is 3.45. The molecule has 3 N–H and O–H groups in total. The zero-order valence-electron chi connectivity index (χ0n) is 20.2. The standard InChI is InChI=1S/C28H26N2O6/c1-4-36-27(33)19-8-6-5-7-18(19)25-20-15-28(26(25)30-29-20,16-9-11-21(31)23(13-16)34-2)17-10-12-22(32)24(14-17)35-3/h5-14,31-32H,4,15H2,1-3H3,(H,29,30). The molecule has 0 aliphatic heterocycles. The van der Waals surface area contributed by atoms with Crippen molar-refractivity contribution in [1.82, 2.24) is 10.2 Å². The molecule has 3 aromatic carbocycles. The predicted octanol–water partition coefficient (Wildman–Crippen LogP) is 4.57. The van der Waals surface area contributed by atoms with Crippen LogP contribution in [0.3, 0.4) is 0 Å². The van der Waals surface area contributed by atoms with Crippen LogP contribution in [0.5, 0.6) is 23.0 Å². The van der Waals surface area contributed by atoms with Crippen LogP contribution in [0.2, 0.25) is 0 Å². The van der Waals surface area contributed by atoms with Crippen LogP contribution in [-0.4, -0.2) is 47.2 Å². The van der Waals surface area contributed by atoms with E-state index in [2.05, 4.69) is 5.10 Å². The quantitative estimate of drug-likeness (QED) is 0.328. The third-order valence-electron chi connectivity index (χ3n) is 6.72. The van der Waals surface area contributed by atoms with Gasteiger partial charge in [-0.2, -0.15) is 5.10 Å². The maximum Gasteiger partial charge on any atom is 0.338 e. The summed E-state index contributed by atoms with van der Waals surface area (Å²) in [5.74, 6) is 0.288. The molecule has 184 valence electrons. The van der Waals surface area contributed by atoms with Gasteiger partial charge < -0.3 is 24.4 Å². The Bertz CT molecular complexity index is 1400. The Labute approximate surface area is 208 Å². The largest absolute Gasteiger partial charge is 0.504 e. The number of benzene rings is 3. The lowest BCUT2D eigenvalue weighted by molar-refractivity contribution is 0.0527. The highest BCUT2D eigenvalue weighted by Crippen LogP contribution is 2.54. The average Bonchev–Trinajstić information content (AvgIpc) is 3.46. The Hall–Kier alpha value is -4.46. The van der Waals surface area contributed by atoms with E-state index >= 15 is 0 Å². The van der Waals surface area contributed by atoms with Crippen LogP contribution in [0, 0.1) is 0 Å². The van der Waals surface area contributed by atoms with Gasteiger partial charge in [-0.05, 0) is 53.9 Å². The minimum Gasteiger partial charge on any atom is -0.504 e. The number of H-pyrrole nitrogens is 1. The smallest absolute Gasteiger partial charge is 0.338 e. The van der Waals surface area contributed by atoms with Gasteiger partial charge in [-0.15, -0.1) is 0 Å². The van der Waals surface area contributed by atoms with E-state index < -0.39 is 11.4 Å². The zero-order valence-corrected chi connectivity index (χ0v) is 20.2. The summed E-state index contributed by atoms with van der Waals surface area (Å²) in [6.07, 6.45) is 0.500. The number of esters is 1. The molecule has 0 unspecified atom stereocenters. The lowest BCUT2D eigenvalue weighted by Gasteiger charge is -2.32. The van der Waals surface area contributed by atoms with Gasteiger partial charge in [0.1, 0.15) is 0 Å². The van der Waals surface area contributed by atoms with E-state index in [4.69, 9.17) is 19.3 Å². The number of phenols is 2. The summed E-state index contributed by atoms with van der Waals surface area (Å²) < 4.78 is 16.1. The minimum absolute atomic E-state index is 0.0208. The number of hydrogen-bond acceptors (Lipinski definition) is 7. The fourth-order valence-electron chi connectivity index (χ4n) is 5.07. The Kier molecular flexibility index (Phi) is 5.80. The summed E-state index contributed by atoms with van der Waals surface area (Å²) in [5.41, 5.74) is 4.38. The molecule has 0 saturated heterocycles. The van der Waals surface area contributed by atoms with Gasteiger partial charge in [0.25, 0.3) is 0 Å². The van der Waals surface area contributed by atoms with E-state index in [0.717, 1.165) is 22.4 Å². The molecule has 36 heavy (non-hydrogen) atoms. The Morgan fingerprint density at radius 1 is 0.972 bits per heavy atom. The number of fused-ring (bicyclic) bond motifs is 2. The Morgan fingerprint density at radius 3 is 2.17 bits per heavy atom. The first-order chi connectivity index (χ1) is 17.4. The van der Waals surface area contributed by atoms with E-state index in [1.807, 2.05) is 24.3 Å². The number of ether oxygens (including phenoxy) is 3. The fourth-order valence-corrected chi connectivity index (χ4v) is 5.07. The number of phenolic OH excluding ortho intramolecular Hbond substituents is 2. The van der Waals surface area contributed by atoms with Crippen molar-refractivity contribution in [3.05, 3.63) is 88.7 Å². The number of rotatable bonds is 7. The number of aromatic amines is 1. The molecule has 0 saturated carbocycles. The Morgan fingerprint density at radius 2 is 1.58 bits per heavy atom. The van der Waals surface area contributed by atoms with Crippen molar-refractivity contribution in [2.24, 2.45) is 0 Å². The number of aromatic hydroxyl groups is 2. The van der Waals surface area contributed by atoms with E-state index in [0.29, 0.717) is 34.7 Å². The predicted molar refractivity (Wildman–Crippen MR) is 133 cm³/mol. The first kappa shape index (κ1) is 23.3. The molecule has 4 aromatic rings. The van der Waals surface area contributed by atoms with Crippen molar-refractivity contribution in [2.75, 3.05) is 20.8 Å². The number of nitrogens with one attached hydrogen (secondary N) is 1. The van der Waals surface area contributed by atoms with Crippen LogP contribution >= 0.6 is 0 Å². The topological polar surface area (TPSA) is 114 Å². The number of carbonyl (C=O) groups excluding carboxylic acids is 1. The molecular weight excluding hydrogens is 460 g/mol. The lowest BCUT2D eigenvalue weighted by atomic mass is 9.71. The number of nitrogens with zero attached hydrogens (tertiary/aromatic N) is 1. The summed E-state index contributed by atoms with van der Waals surface area (Å²) in [5, 5.41) is 28.4. The van der Waals surface area contributed by atoms with Gasteiger partial charge in [-0.3, -0.25) is 5.10 Å². The molecule has 1 heterocycles. The van der Waals surface area contributed by atoms with Crippen LogP contribution in [0.25, 0.3) is 11.1 Å². The monoisotopic (exact) mass is 486 g/mol. The molecule has 1 aromatic heterocycles. The zero-order chi connectivity index (χ0) is 25.4. The molecule has 0 radical (unpaired) electrons. The van der Waals surface area contributed by atoms with Crippen molar-refractivity contribution < 1.29 is 29.2 Å². The summed E-state index contributed by atoms with van der Waals surface area (Å²) >= 11 is 0. The molecule has 8 heteroatoms. The van der Waals surface area contributed by atoms with Gasteiger partial charge in [-0.1, -0.05) is 30.3 Å². The van der Waals surface area contributed by atoms with Gasteiger partial charge in [0.05, 0.1) is 37.5 Å². The number of methoxy groups -OCH3 is 2. The average molecular weight is 487 g/mol. The second-order valence-electron chi connectivity index (χ2n) is 8.55. The molecule has 2 bridgehead atoms. The van der Waals surface area contributed by atoms with Crippen LogP contribution < -0.4 is 9.47 Å². The molecule has 0 fully saturated rings. The van der Waals surface area contributed by atoms with E-state index in [1.165, 1.54) is 14.2 Å². The van der Waals surface area contributed by atoms with Crippen molar-refractivity contribution in [3.63, 3.8) is 0 Å². The van der Waals surface area contributed by atoms with Crippen molar-refractivity contribution in [1.29, 1.82) is 0 Å². The molecule has 0 spiro atoms. The van der Waals surface area contributed by atoms with Crippen molar-refractivity contribution >= 4 is 5.97 Å². The number of aromatic nitrogens is 2. The molecule has 5 rings (SSSR count). The summed E-state index contributed by atoms with van der Waals surface area (Å²) in [6, 6.07) is 17.7. The van der Waals surface area contributed by atoms with Crippen LogP contribution in [0.1, 0.15) is 39.8 Å². The molecule has 1 aliphatic rings. The highest BCUT2D eigenvalue weighted by molar-refractivity contribution is 5.99. The van der Waals surface area contributed by atoms with Crippen molar-refractivity contribution in [3.8, 4) is 34.1 Å². The van der Waals surface area contributed by atoms with E-state index in [1.54, 1.807) is 43.3 Å². The second kappa shape index (κ2) is 8.96. The second-order valence-corrected chi connectivity index (χ2v) is 8.55. The first-order valence-electron chi connectivity index (χ1n) is 11.5. The molecule has 8 nitrogen and oxygen atoms in total.